The number of hydrogen-bond acceptors (Lipinski definition) is 1. The summed E-state index contributed by atoms with van der Waals surface area (Å²) in [5.41, 5.74) is 0.217. The Bertz CT molecular complexity index is 439. The van der Waals surface area contributed by atoms with Crippen LogP contribution in [0, 0.1) is 11.6 Å². The Hall–Kier alpha value is -1.16. The fraction of sp³-hybridized carbons (Fsp3) is 0.417. The summed E-state index contributed by atoms with van der Waals surface area (Å²) >= 11 is 5.89. The summed E-state index contributed by atoms with van der Waals surface area (Å²) < 4.78 is 26.0. The molecule has 0 aromatic heterocycles. The van der Waals surface area contributed by atoms with E-state index in [2.05, 4.69) is 0 Å². The van der Waals surface area contributed by atoms with Crippen molar-refractivity contribution >= 4 is 17.5 Å². The van der Waals surface area contributed by atoms with Crippen LogP contribution < -0.4 is 0 Å². The van der Waals surface area contributed by atoms with Crippen LogP contribution in [0.4, 0.5) is 8.78 Å². The van der Waals surface area contributed by atoms with E-state index in [9.17, 15) is 13.6 Å². The molecule has 2 nitrogen and oxygen atoms in total. The van der Waals surface area contributed by atoms with E-state index >= 15 is 0 Å². The lowest BCUT2D eigenvalue weighted by Gasteiger charge is -2.15. The first kappa shape index (κ1) is 12.3. The molecular weight excluding hydrogens is 248 g/mol. The van der Waals surface area contributed by atoms with Crippen molar-refractivity contribution in [3.8, 4) is 0 Å². The monoisotopic (exact) mass is 259 g/mol. The highest BCUT2D eigenvalue weighted by Crippen LogP contribution is 2.17. The zero-order valence-corrected chi connectivity index (χ0v) is 9.88. The first-order chi connectivity index (χ1) is 8.06. The quantitative estimate of drug-likeness (QED) is 0.747. The van der Waals surface area contributed by atoms with E-state index in [1.54, 1.807) is 4.90 Å². The molecule has 1 aliphatic rings. The average molecular weight is 260 g/mol. The Morgan fingerprint density at radius 3 is 2.82 bits per heavy atom. The van der Waals surface area contributed by atoms with Gasteiger partial charge in [0.2, 0.25) is 5.91 Å². The topological polar surface area (TPSA) is 20.3 Å². The van der Waals surface area contributed by atoms with Crippen LogP contribution in [0.1, 0.15) is 12.0 Å². The molecule has 92 valence electrons. The molecule has 17 heavy (non-hydrogen) atoms. The van der Waals surface area contributed by atoms with Crippen molar-refractivity contribution in [2.75, 3.05) is 13.1 Å². The highest BCUT2D eigenvalue weighted by molar-refractivity contribution is 6.21. The number of likely N-dealkylation sites (tertiary alicyclic amines) is 1. The Labute approximate surface area is 103 Å². The molecule has 0 aliphatic carbocycles. The Kier molecular flexibility index (Phi) is 3.62. The lowest BCUT2D eigenvalue weighted by Crippen LogP contribution is -2.30. The number of carbonyl (C=O) groups is 1. The summed E-state index contributed by atoms with van der Waals surface area (Å²) in [4.78, 5) is 13.4. The maximum Gasteiger partial charge on any atom is 0.227 e. The van der Waals surface area contributed by atoms with Crippen LogP contribution in [0.3, 0.4) is 0 Å². The third-order valence-corrected chi connectivity index (χ3v) is 3.20. The third-order valence-electron chi connectivity index (χ3n) is 2.84. The molecule has 1 atom stereocenters. The maximum atomic E-state index is 13.3. The predicted molar refractivity (Wildman–Crippen MR) is 60.9 cm³/mol. The number of rotatable bonds is 2. The summed E-state index contributed by atoms with van der Waals surface area (Å²) in [6.07, 6.45) is 0.717. The van der Waals surface area contributed by atoms with E-state index in [-0.39, 0.29) is 23.3 Å². The van der Waals surface area contributed by atoms with Gasteiger partial charge in [-0.25, -0.2) is 8.78 Å². The second-order valence-electron chi connectivity index (χ2n) is 4.14. The largest absolute Gasteiger partial charge is 0.341 e. The van der Waals surface area contributed by atoms with Gasteiger partial charge in [0.25, 0.3) is 0 Å². The van der Waals surface area contributed by atoms with Gasteiger partial charge in [-0.05, 0) is 18.1 Å². The zero-order valence-electron chi connectivity index (χ0n) is 9.13. The van der Waals surface area contributed by atoms with Crippen molar-refractivity contribution in [2.45, 2.75) is 18.2 Å². The van der Waals surface area contributed by atoms with Crippen LogP contribution in [0.25, 0.3) is 0 Å². The molecule has 1 aromatic rings. The van der Waals surface area contributed by atoms with Crippen molar-refractivity contribution < 1.29 is 13.6 Å². The molecular formula is C12H12ClF2NO. The first-order valence-corrected chi connectivity index (χ1v) is 5.85. The maximum absolute atomic E-state index is 13.3. The standard InChI is InChI=1S/C12H12ClF2NO/c13-9-3-4-16(7-9)12(17)5-8-1-2-10(14)6-11(8)15/h1-2,6,9H,3-5,7H2. The van der Waals surface area contributed by atoms with Crippen LogP contribution in [0.15, 0.2) is 18.2 Å². The summed E-state index contributed by atoms with van der Waals surface area (Å²) in [6.45, 7) is 1.11. The average Bonchev–Trinajstić information content (AvgIpc) is 2.69. The predicted octanol–water partition coefficient (Wildman–Crippen LogP) is 2.35. The smallest absolute Gasteiger partial charge is 0.227 e. The van der Waals surface area contributed by atoms with Gasteiger partial charge in [-0.3, -0.25) is 4.79 Å². The van der Waals surface area contributed by atoms with Gasteiger partial charge >= 0.3 is 0 Å². The second kappa shape index (κ2) is 5.00. The van der Waals surface area contributed by atoms with Gasteiger partial charge in [0.05, 0.1) is 11.8 Å². The zero-order chi connectivity index (χ0) is 12.4. The van der Waals surface area contributed by atoms with Crippen molar-refractivity contribution in [1.82, 2.24) is 4.90 Å². The molecule has 1 fully saturated rings. The van der Waals surface area contributed by atoms with Gasteiger partial charge in [-0.2, -0.15) is 0 Å². The molecule has 1 aliphatic heterocycles. The van der Waals surface area contributed by atoms with Crippen LogP contribution in [0.5, 0.6) is 0 Å². The molecule has 1 aromatic carbocycles. The summed E-state index contributed by atoms with van der Waals surface area (Å²) in [5.74, 6) is -1.49. The molecule has 0 bridgehead atoms. The molecule has 5 heteroatoms. The number of halogens is 3. The van der Waals surface area contributed by atoms with E-state index in [0.717, 1.165) is 18.6 Å². The minimum atomic E-state index is -0.681. The molecule has 1 saturated heterocycles. The third kappa shape index (κ3) is 2.94. The lowest BCUT2D eigenvalue weighted by atomic mass is 10.1. The summed E-state index contributed by atoms with van der Waals surface area (Å²) in [5, 5.41) is -0.0167. The van der Waals surface area contributed by atoms with E-state index in [0.29, 0.717) is 13.1 Å². The van der Waals surface area contributed by atoms with Gasteiger partial charge in [-0.15, -0.1) is 11.6 Å². The van der Waals surface area contributed by atoms with E-state index in [1.165, 1.54) is 6.07 Å². The molecule has 1 unspecified atom stereocenters. The summed E-state index contributed by atoms with van der Waals surface area (Å²) in [6, 6.07) is 3.24. The first-order valence-electron chi connectivity index (χ1n) is 5.42. The minimum absolute atomic E-state index is 0.0167. The number of amides is 1. The fourth-order valence-corrected chi connectivity index (χ4v) is 2.15. The molecule has 0 N–H and O–H groups in total. The van der Waals surface area contributed by atoms with Crippen LogP contribution in [-0.4, -0.2) is 29.3 Å². The molecule has 0 spiro atoms. The van der Waals surface area contributed by atoms with Crippen LogP contribution in [-0.2, 0) is 11.2 Å². The normalized spacial score (nSPS) is 19.7. The Morgan fingerprint density at radius 2 is 2.24 bits per heavy atom. The number of nitrogens with zero attached hydrogens (tertiary/aromatic N) is 1. The minimum Gasteiger partial charge on any atom is -0.341 e. The van der Waals surface area contributed by atoms with Gasteiger partial charge < -0.3 is 4.90 Å². The second-order valence-corrected chi connectivity index (χ2v) is 4.76. The van der Waals surface area contributed by atoms with Crippen LogP contribution >= 0.6 is 11.6 Å². The molecule has 1 heterocycles. The van der Waals surface area contributed by atoms with E-state index in [1.807, 2.05) is 0 Å². The molecule has 0 saturated carbocycles. The van der Waals surface area contributed by atoms with E-state index in [4.69, 9.17) is 11.6 Å². The van der Waals surface area contributed by atoms with Gasteiger partial charge in [0.15, 0.2) is 0 Å². The summed E-state index contributed by atoms with van der Waals surface area (Å²) in [7, 11) is 0. The molecule has 0 radical (unpaired) electrons. The number of benzene rings is 1. The Balaban J connectivity index is 2.03. The van der Waals surface area contributed by atoms with Crippen molar-refractivity contribution in [3.63, 3.8) is 0 Å². The SMILES string of the molecule is O=C(Cc1ccc(F)cc1F)N1CCC(Cl)C1. The number of hydrogen-bond donors (Lipinski definition) is 0. The fourth-order valence-electron chi connectivity index (χ4n) is 1.88. The van der Waals surface area contributed by atoms with Crippen LogP contribution in [0.2, 0.25) is 0 Å². The van der Waals surface area contributed by atoms with Gasteiger partial charge in [0, 0.05) is 19.2 Å². The lowest BCUT2D eigenvalue weighted by molar-refractivity contribution is -0.129. The highest BCUT2D eigenvalue weighted by Gasteiger charge is 2.25. The van der Waals surface area contributed by atoms with Crippen molar-refractivity contribution in [2.24, 2.45) is 0 Å². The Morgan fingerprint density at radius 1 is 1.47 bits per heavy atom. The number of carbonyl (C=O) groups excluding carboxylic acids is 1. The highest BCUT2D eigenvalue weighted by atomic mass is 35.5. The van der Waals surface area contributed by atoms with Gasteiger partial charge in [-0.1, -0.05) is 6.07 Å². The van der Waals surface area contributed by atoms with Gasteiger partial charge in [0.1, 0.15) is 11.6 Å². The van der Waals surface area contributed by atoms with E-state index < -0.39 is 11.6 Å². The molecule has 1 amide bonds. The van der Waals surface area contributed by atoms with Crippen molar-refractivity contribution in [1.29, 1.82) is 0 Å². The number of alkyl halides is 1. The molecule has 2 rings (SSSR count). The van der Waals surface area contributed by atoms with Crippen molar-refractivity contribution in [3.05, 3.63) is 35.4 Å².